The van der Waals surface area contributed by atoms with Gasteiger partial charge in [-0.25, -0.2) is 15.0 Å². The minimum absolute atomic E-state index is 0.151. The summed E-state index contributed by atoms with van der Waals surface area (Å²) in [5, 5.41) is 9.33. The number of H-pyrrole nitrogens is 1. The van der Waals surface area contributed by atoms with Crippen LogP contribution in [0, 0.1) is 0 Å². The molecule has 3 N–H and O–H groups in total. The molecule has 3 aromatic heterocycles. The van der Waals surface area contributed by atoms with Crippen molar-refractivity contribution in [2.24, 2.45) is 0 Å². The molecular formula is C21H16F3N7O3. The summed E-state index contributed by atoms with van der Waals surface area (Å²) >= 11 is 0. The van der Waals surface area contributed by atoms with Crippen molar-refractivity contribution in [3.8, 4) is 11.6 Å². The summed E-state index contributed by atoms with van der Waals surface area (Å²) in [6, 6.07) is 4.13. The third-order valence-corrected chi connectivity index (χ3v) is 5.38. The topological polar surface area (TPSA) is 139 Å². The van der Waals surface area contributed by atoms with Gasteiger partial charge in [0.2, 0.25) is 11.7 Å². The second kappa shape index (κ2) is 7.93. The lowest BCUT2D eigenvalue weighted by Crippen LogP contribution is -2.31. The van der Waals surface area contributed by atoms with Crippen LogP contribution in [-0.2, 0) is 17.4 Å². The number of hydrogen-bond acceptors (Lipinski definition) is 7. The molecule has 10 nitrogen and oxygen atoms in total. The molecule has 1 atom stereocenters. The zero-order valence-corrected chi connectivity index (χ0v) is 17.5. The summed E-state index contributed by atoms with van der Waals surface area (Å²) in [7, 11) is 0. The molecule has 34 heavy (non-hydrogen) atoms. The van der Waals surface area contributed by atoms with Gasteiger partial charge < -0.3 is 20.1 Å². The highest BCUT2D eigenvalue weighted by Gasteiger charge is 2.31. The molecular weight excluding hydrogens is 455 g/mol. The number of hydrogen-bond donors (Lipinski definition) is 3. The van der Waals surface area contributed by atoms with E-state index in [0.717, 1.165) is 12.1 Å². The number of fused-ring (bicyclic) bond motifs is 2. The van der Waals surface area contributed by atoms with Crippen LogP contribution in [-0.4, -0.2) is 36.9 Å². The fourth-order valence-electron chi connectivity index (χ4n) is 3.63. The molecule has 0 spiro atoms. The van der Waals surface area contributed by atoms with Crippen molar-refractivity contribution in [1.29, 1.82) is 0 Å². The molecule has 4 heterocycles. The van der Waals surface area contributed by atoms with E-state index in [9.17, 15) is 22.8 Å². The summed E-state index contributed by atoms with van der Waals surface area (Å²) in [5.41, 5.74) is 0.812. The Kier molecular flexibility index (Phi) is 5.03. The van der Waals surface area contributed by atoms with Crippen LogP contribution in [0.25, 0.3) is 22.6 Å². The molecule has 0 aliphatic carbocycles. The normalized spacial score (nSPS) is 14.5. The van der Waals surface area contributed by atoms with Gasteiger partial charge in [-0.2, -0.15) is 13.2 Å². The van der Waals surface area contributed by atoms with Gasteiger partial charge in [0, 0.05) is 18.1 Å². The highest BCUT2D eigenvalue weighted by atomic mass is 19.4. The number of alkyl halides is 3. The van der Waals surface area contributed by atoms with Crippen LogP contribution in [0.2, 0.25) is 0 Å². The predicted molar refractivity (Wildman–Crippen MR) is 111 cm³/mol. The summed E-state index contributed by atoms with van der Waals surface area (Å²) < 4.78 is 44.2. The van der Waals surface area contributed by atoms with E-state index in [-0.39, 0.29) is 35.1 Å². The fourth-order valence-corrected chi connectivity index (χ4v) is 3.63. The average Bonchev–Trinajstić information content (AvgIpc) is 3.44. The molecule has 4 aromatic rings. The second-order valence-electron chi connectivity index (χ2n) is 7.72. The third kappa shape index (κ3) is 3.95. The molecule has 0 bridgehead atoms. The highest BCUT2D eigenvalue weighted by Crippen LogP contribution is 2.32. The van der Waals surface area contributed by atoms with Crippen molar-refractivity contribution in [1.82, 2.24) is 30.4 Å². The van der Waals surface area contributed by atoms with Gasteiger partial charge in [0.15, 0.2) is 5.82 Å². The monoisotopic (exact) mass is 471 g/mol. The quantitative estimate of drug-likeness (QED) is 0.415. The number of rotatable bonds is 4. The first-order chi connectivity index (χ1) is 16.2. The smallest absolute Gasteiger partial charge is 0.353 e. The fraction of sp³-hybridized carbons (Fsp3) is 0.238. The summed E-state index contributed by atoms with van der Waals surface area (Å²) in [5.74, 6) is 0.0538. The van der Waals surface area contributed by atoms with E-state index in [0.29, 0.717) is 29.0 Å². The van der Waals surface area contributed by atoms with Gasteiger partial charge in [-0.05, 0) is 31.5 Å². The SMILES string of the molecule is C[C@@H](NC(=O)c1ncnc2c1CCC(=O)N2)c1cc(-c2nc3ccc(C(F)(F)F)cc3[nH]2)on1. The first kappa shape index (κ1) is 21.6. The molecule has 0 saturated carbocycles. The molecule has 174 valence electrons. The highest BCUT2D eigenvalue weighted by molar-refractivity contribution is 5.99. The van der Waals surface area contributed by atoms with Gasteiger partial charge in [-0.1, -0.05) is 5.16 Å². The van der Waals surface area contributed by atoms with Gasteiger partial charge in [0.25, 0.3) is 5.91 Å². The summed E-state index contributed by atoms with van der Waals surface area (Å²) in [6.07, 6.45) is -2.70. The Labute approximate surface area is 189 Å². The van der Waals surface area contributed by atoms with Crippen molar-refractivity contribution in [2.75, 3.05) is 5.32 Å². The van der Waals surface area contributed by atoms with E-state index < -0.39 is 23.7 Å². The molecule has 0 fully saturated rings. The Hall–Kier alpha value is -4.29. The number of nitrogens with zero attached hydrogens (tertiary/aromatic N) is 4. The summed E-state index contributed by atoms with van der Waals surface area (Å²) in [4.78, 5) is 39.5. The molecule has 0 radical (unpaired) electrons. The van der Waals surface area contributed by atoms with E-state index in [1.165, 1.54) is 18.5 Å². The van der Waals surface area contributed by atoms with E-state index in [1.807, 2.05) is 0 Å². The van der Waals surface area contributed by atoms with E-state index in [2.05, 4.69) is 35.7 Å². The minimum Gasteiger partial charge on any atom is -0.353 e. The molecule has 1 aliphatic rings. The van der Waals surface area contributed by atoms with E-state index in [4.69, 9.17) is 4.52 Å². The number of aromatic amines is 1. The number of benzene rings is 1. The van der Waals surface area contributed by atoms with Gasteiger partial charge in [-0.15, -0.1) is 0 Å². The van der Waals surface area contributed by atoms with Crippen LogP contribution in [0.4, 0.5) is 19.0 Å². The number of imidazole rings is 1. The van der Waals surface area contributed by atoms with Gasteiger partial charge in [0.1, 0.15) is 23.5 Å². The number of nitrogens with one attached hydrogen (secondary N) is 3. The maximum absolute atomic E-state index is 13.0. The standard InChI is InChI=1S/C21H16F3N7O3/c1-9(27-20(33)17-11-3-5-16(32)30-18(11)26-8-25-17)13-7-15(34-31-13)19-28-12-4-2-10(21(22,23)24)6-14(12)29-19/h2,4,6-9H,3,5H2,1H3,(H,27,33)(H,28,29)(H,25,26,30,32)/t9-/m1/s1. The number of amides is 2. The number of halogens is 3. The Morgan fingerprint density at radius 2 is 2.03 bits per heavy atom. The Bertz CT molecular complexity index is 1430. The predicted octanol–water partition coefficient (Wildman–Crippen LogP) is 3.40. The first-order valence-corrected chi connectivity index (χ1v) is 10.2. The lowest BCUT2D eigenvalue weighted by atomic mass is 10.0. The van der Waals surface area contributed by atoms with Crippen molar-refractivity contribution >= 4 is 28.7 Å². The van der Waals surface area contributed by atoms with Gasteiger partial charge in [0.05, 0.1) is 22.6 Å². The minimum atomic E-state index is -4.47. The van der Waals surface area contributed by atoms with Crippen molar-refractivity contribution < 1.29 is 27.3 Å². The van der Waals surface area contributed by atoms with Crippen LogP contribution < -0.4 is 10.6 Å². The Morgan fingerprint density at radius 1 is 1.21 bits per heavy atom. The van der Waals surface area contributed by atoms with E-state index >= 15 is 0 Å². The summed E-state index contributed by atoms with van der Waals surface area (Å²) in [6.45, 7) is 1.68. The Morgan fingerprint density at radius 3 is 2.82 bits per heavy atom. The lowest BCUT2D eigenvalue weighted by molar-refractivity contribution is -0.137. The zero-order valence-electron chi connectivity index (χ0n) is 17.5. The van der Waals surface area contributed by atoms with Crippen LogP contribution in [0.5, 0.6) is 0 Å². The molecule has 0 saturated heterocycles. The number of anilines is 1. The molecule has 0 unspecified atom stereocenters. The van der Waals surface area contributed by atoms with Crippen molar-refractivity contribution in [3.63, 3.8) is 0 Å². The molecule has 1 aliphatic heterocycles. The molecule has 2 amide bonds. The lowest BCUT2D eigenvalue weighted by Gasteiger charge is -2.18. The molecule has 13 heteroatoms. The second-order valence-corrected chi connectivity index (χ2v) is 7.72. The third-order valence-electron chi connectivity index (χ3n) is 5.38. The number of aromatic nitrogens is 5. The van der Waals surface area contributed by atoms with Crippen LogP contribution >= 0.6 is 0 Å². The van der Waals surface area contributed by atoms with Gasteiger partial charge in [-0.3, -0.25) is 9.59 Å². The van der Waals surface area contributed by atoms with Crippen LogP contribution in [0.3, 0.4) is 0 Å². The van der Waals surface area contributed by atoms with E-state index in [1.54, 1.807) is 6.92 Å². The Balaban J connectivity index is 1.35. The number of carbonyl (C=O) groups excluding carboxylic acids is 2. The van der Waals surface area contributed by atoms with Crippen LogP contribution in [0.1, 0.15) is 46.7 Å². The first-order valence-electron chi connectivity index (χ1n) is 10.2. The number of carbonyl (C=O) groups is 2. The maximum atomic E-state index is 13.0. The van der Waals surface area contributed by atoms with Crippen molar-refractivity contribution in [2.45, 2.75) is 32.0 Å². The zero-order chi connectivity index (χ0) is 24.0. The van der Waals surface area contributed by atoms with Crippen LogP contribution in [0.15, 0.2) is 35.1 Å². The largest absolute Gasteiger partial charge is 0.416 e. The van der Waals surface area contributed by atoms with Gasteiger partial charge >= 0.3 is 6.18 Å². The molecule has 1 aromatic carbocycles. The molecule has 5 rings (SSSR count). The average molecular weight is 471 g/mol. The van der Waals surface area contributed by atoms with Crippen molar-refractivity contribution in [3.05, 3.63) is 53.1 Å². The maximum Gasteiger partial charge on any atom is 0.416 e.